The molecule has 1 aromatic rings. The maximum absolute atomic E-state index is 11.7. The Bertz CT molecular complexity index is 382. The summed E-state index contributed by atoms with van der Waals surface area (Å²) >= 11 is 0. The molecular weight excluding hydrogens is 188 g/mol. The Balaban J connectivity index is 1.93. The van der Waals surface area contributed by atoms with Gasteiger partial charge in [-0.15, -0.1) is 0 Å². The van der Waals surface area contributed by atoms with Crippen molar-refractivity contribution in [2.24, 2.45) is 0 Å². The molecule has 0 radical (unpaired) electrons. The quantitative estimate of drug-likeness (QED) is 0.666. The van der Waals surface area contributed by atoms with Gasteiger partial charge in [-0.3, -0.25) is 4.79 Å². The summed E-state index contributed by atoms with van der Waals surface area (Å²) in [7, 11) is 0. The Morgan fingerprint density at radius 3 is 2.67 bits per heavy atom. The molecule has 15 heavy (non-hydrogen) atoms. The van der Waals surface area contributed by atoms with Crippen LogP contribution in [0.4, 0.5) is 0 Å². The standard InChI is InChI=1S/C12H14N2O/c15-11-12(7-4-8-13-12)10(14-11)9-5-2-1-3-6-9/h1-3,5-6,10,13H,4,7-8H2,(H,14,15). The van der Waals surface area contributed by atoms with E-state index in [1.807, 2.05) is 18.2 Å². The van der Waals surface area contributed by atoms with Gasteiger partial charge in [0.2, 0.25) is 5.91 Å². The predicted molar refractivity (Wildman–Crippen MR) is 57.3 cm³/mol. The molecule has 2 fully saturated rings. The van der Waals surface area contributed by atoms with Gasteiger partial charge in [-0.05, 0) is 24.9 Å². The zero-order chi connectivity index (χ0) is 10.3. The third-order valence-corrected chi connectivity index (χ3v) is 3.49. The number of rotatable bonds is 1. The molecule has 3 nitrogen and oxygen atoms in total. The van der Waals surface area contributed by atoms with Crippen molar-refractivity contribution in [1.82, 2.24) is 10.6 Å². The summed E-state index contributed by atoms with van der Waals surface area (Å²) in [4.78, 5) is 11.7. The molecule has 2 N–H and O–H groups in total. The SMILES string of the molecule is O=C1NC(c2ccccc2)C12CCCN2. The fourth-order valence-electron chi connectivity index (χ4n) is 2.66. The number of β-lactam (4-membered cyclic amide) rings is 1. The predicted octanol–water partition coefficient (Wildman–Crippen LogP) is 0.980. The van der Waals surface area contributed by atoms with Crippen molar-refractivity contribution < 1.29 is 4.79 Å². The monoisotopic (exact) mass is 202 g/mol. The van der Waals surface area contributed by atoms with Crippen molar-refractivity contribution in [2.75, 3.05) is 6.54 Å². The van der Waals surface area contributed by atoms with E-state index in [2.05, 4.69) is 22.8 Å². The molecule has 78 valence electrons. The zero-order valence-corrected chi connectivity index (χ0v) is 8.49. The Hall–Kier alpha value is -1.35. The minimum atomic E-state index is -0.304. The highest BCUT2D eigenvalue weighted by Gasteiger charge is 2.56. The molecule has 0 saturated carbocycles. The van der Waals surface area contributed by atoms with Gasteiger partial charge in [0.1, 0.15) is 5.54 Å². The van der Waals surface area contributed by atoms with E-state index in [4.69, 9.17) is 0 Å². The number of carbonyl (C=O) groups is 1. The third-order valence-electron chi connectivity index (χ3n) is 3.49. The van der Waals surface area contributed by atoms with E-state index in [-0.39, 0.29) is 17.5 Å². The van der Waals surface area contributed by atoms with Crippen molar-refractivity contribution in [2.45, 2.75) is 24.4 Å². The van der Waals surface area contributed by atoms with Gasteiger partial charge in [-0.2, -0.15) is 0 Å². The lowest BCUT2D eigenvalue weighted by molar-refractivity contribution is -0.139. The van der Waals surface area contributed by atoms with Gasteiger partial charge < -0.3 is 10.6 Å². The maximum atomic E-state index is 11.7. The summed E-state index contributed by atoms with van der Waals surface area (Å²) in [6.07, 6.45) is 2.05. The fraction of sp³-hybridized carbons (Fsp3) is 0.417. The minimum absolute atomic E-state index is 0.161. The summed E-state index contributed by atoms with van der Waals surface area (Å²) in [5, 5.41) is 6.35. The van der Waals surface area contributed by atoms with Crippen molar-refractivity contribution in [1.29, 1.82) is 0 Å². The lowest BCUT2D eigenvalue weighted by Gasteiger charge is -2.46. The second-order valence-corrected chi connectivity index (χ2v) is 4.32. The second kappa shape index (κ2) is 3.07. The molecule has 0 aromatic heterocycles. The van der Waals surface area contributed by atoms with Crippen LogP contribution in [-0.2, 0) is 4.79 Å². The molecule has 0 aliphatic carbocycles. The van der Waals surface area contributed by atoms with Crippen molar-refractivity contribution in [3.8, 4) is 0 Å². The van der Waals surface area contributed by atoms with Gasteiger partial charge in [-0.1, -0.05) is 30.3 Å². The van der Waals surface area contributed by atoms with E-state index in [9.17, 15) is 4.79 Å². The number of hydrogen-bond donors (Lipinski definition) is 2. The van der Waals surface area contributed by atoms with E-state index in [1.54, 1.807) is 0 Å². The molecule has 2 atom stereocenters. The lowest BCUT2D eigenvalue weighted by Crippen LogP contribution is -2.71. The first kappa shape index (κ1) is 8.92. The number of nitrogens with one attached hydrogen (secondary N) is 2. The van der Waals surface area contributed by atoms with Crippen LogP contribution in [0.1, 0.15) is 24.4 Å². The van der Waals surface area contributed by atoms with Crippen LogP contribution in [0, 0.1) is 0 Å². The highest BCUT2D eigenvalue weighted by Crippen LogP contribution is 2.40. The highest BCUT2D eigenvalue weighted by molar-refractivity contribution is 5.94. The maximum Gasteiger partial charge on any atom is 0.243 e. The molecular formula is C12H14N2O. The lowest BCUT2D eigenvalue weighted by atomic mass is 9.76. The molecule has 3 heteroatoms. The van der Waals surface area contributed by atoms with Crippen LogP contribution in [0.5, 0.6) is 0 Å². The molecule has 3 rings (SSSR count). The summed E-state index contributed by atoms with van der Waals surface area (Å²) in [6.45, 7) is 0.955. The molecule has 2 aliphatic rings. The fourth-order valence-corrected chi connectivity index (χ4v) is 2.66. The average Bonchev–Trinajstić information content (AvgIpc) is 2.79. The van der Waals surface area contributed by atoms with Crippen LogP contribution in [0.2, 0.25) is 0 Å². The first-order valence-corrected chi connectivity index (χ1v) is 5.44. The van der Waals surface area contributed by atoms with E-state index in [1.165, 1.54) is 5.56 Å². The molecule has 2 saturated heterocycles. The first-order chi connectivity index (χ1) is 7.33. The normalized spacial score (nSPS) is 33.9. The van der Waals surface area contributed by atoms with Gasteiger partial charge in [0.15, 0.2) is 0 Å². The highest BCUT2D eigenvalue weighted by atomic mass is 16.2. The molecule has 1 amide bonds. The Labute approximate surface area is 88.9 Å². The first-order valence-electron chi connectivity index (χ1n) is 5.44. The van der Waals surface area contributed by atoms with Gasteiger partial charge in [0.25, 0.3) is 0 Å². The molecule has 2 unspecified atom stereocenters. The van der Waals surface area contributed by atoms with Crippen LogP contribution in [0.15, 0.2) is 30.3 Å². The smallest absolute Gasteiger partial charge is 0.243 e. The molecule has 2 heterocycles. The van der Waals surface area contributed by atoms with E-state index in [0.29, 0.717) is 0 Å². The number of carbonyl (C=O) groups excluding carboxylic acids is 1. The van der Waals surface area contributed by atoms with Crippen LogP contribution in [0.3, 0.4) is 0 Å². The van der Waals surface area contributed by atoms with E-state index < -0.39 is 0 Å². The Morgan fingerprint density at radius 1 is 1.27 bits per heavy atom. The molecule has 1 spiro atoms. The minimum Gasteiger partial charge on any atom is -0.345 e. The van der Waals surface area contributed by atoms with E-state index in [0.717, 1.165) is 19.4 Å². The number of benzene rings is 1. The van der Waals surface area contributed by atoms with Gasteiger partial charge >= 0.3 is 0 Å². The zero-order valence-electron chi connectivity index (χ0n) is 8.49. The van der Waals surface area contributed by atoms with Crippen LogP contribution < -0.4 is 10.6 Å². The van der Waals surface area contributed by atoms with Gasteiger partial charge in [-0.25, -0.2) is 0 Å². The van der Waals surface area contributed by atoms with Crippen LogP contribution >= 0.6 is 0 Å². The topological polar surface area (TPSA) is 41.1 Å². The summed E-state index contributed by atoms with van der Waals surface area (Å²) in [5.74, 6) is 0.161. The van der Waals surface area contributed by atoms with Crippen LogP contribution in [0.25, 0.3) is 0 Å². The van der Waals surface area contributed by atoms with Crippen LogP contribution in [-0.4, -0.2) is 18.0 Å². The third kappa shape index (κ3) is 1.13. The van der Waals surface area contributed by atoms with Gasteiger partial charge in [0.05, 0.1) is 6.04 Å². The summed E-state index contributed by atoms with van der Waals surface area (Å²) in [6, 6.07) is 10.3. The molecule has 1 aromatic carbocycles. The Morgan fingerprint density at radius 2 is 2.07 bits per heavy atom. The van der Waals surface area contributed by atoms with Crippen molar-refractivity contribution in [3.63, 3.8) is 0 Å². The van der Waals surface area contributed by atoms with Crippen molar-refractivity contribution >= 4 is 5.91 Å². The Kier molecular flexibility index (Phi) is 1.83. The van der Waals surface area contributed by atoms with Gasteiger partial charge in [0, 0.05) is 0 Å². The summed E-state index contributed by atoms with van der Waals surface area (Å²) in [5.41, 5.74) is 0.896. The number of hydrogen-bond acceptors (Lipinski definition) is 2. The summed E-state index contributed by atoms with van der Waals surface area (Å²) < 4.78 is 0. The largest absolute Gasteiger partial charge is 0.345 e. The second-order valence-electron chi connectivity index (χ2n) is 4.32. The molecule has 2 aliphatic heterocycles. The average molecular weight is 202 g/mol. The van der Waals surface area contributed by atoms with E-state index >= 15 is 0 Å². The number of amides is 1. The van der Waals surface area contributed by atoms with Crippen molar-refractivity contribution in [3.05, 3.63) is 35.9 Å². The molecule has 0 bridgehead atoms.